The normalized spacial score (nSPS) is 15.9. The van der Waals surface area contributed by atoms with Crippen LogP contribution in [0.15, 0.2) is 75.7 Å². The van der Waals surface area contributed by atoms with E-state index < -0.39 is 12.0 Å². The lowest BCUT2D eigenvalue weighted by molar-refractivity contribution is -0.139. The van der Waals surface area contributed by atoms with Gasteiger partial charge in [-0.1, -0.05) is 53.8 Å². The molecule has 0 bridgehead atoms. The summed E-state index contributed by atoms with van der Waals surface area (Å²) in [5.41, 5.74) is 2.44. The fourth-order valence-corrected chi connectivity index (χ4v) is 4.86. The highest BCUT2D eigenvalue weighted by Gasteiger charge is 2.33. The number of esters is 1. The van der Waals surface area contributed by atoms with Crippen molar-refractivity contribution in [3.63, 3.8) is 0 Å². The van der Waals surface area contributed by atoms with E-state index in [0.717, 1.165) is 16.9 Å². The average Bonchev–Trinajstić information content (AvgIpc) is 3.08. The molecule has 0 amide bonds. The van der Waals surface area contributed by atoms with Crippen molar-refractivity contribution in [1.82, 2.24) is 4.57 Å². The third-order valence-corrected chi connectivity index (χ3v) is 6.16. The first kappa shape index (κ1) is 22.7. The van der Waals surface area contributed by atoms with Gasteiger partial charge < -0.3 is 9.47 Å². The molecule has 1 atom stereocenters. The Kier molecular flexibility index (Phi) is 6.60. The first-order valence-corrected chi connectivity index (χ1v) is 11.7. The van der Waals surface area contributed by atoms with Crippen LogP contribution < -0.4 is 19.6 Å². The van der Waals surface area contributed by atoms with E-state index in [4.69, 9.17) is 9.47 Å². The second-order valence-electron chi connectivity index (χ2n) is 7.95. The van der Waals surface area contributed by atoms with Gasteiger partial charge in [0.15, 0.2) is 4.80 Å². The number of aromatic nitrogens is 1. The maximum Gasteiger partial charge on any atom is 0.338 e. The lowest BCUT2D eigenvalue weighted by Gasteiger charge is -2.25. The molecule has 33 heavy (non-hydrogen) atoms. The van der Waals surface area contributed by atoms with Crippen molar-refractivity contribution in [1.29, 1.82) is 0 Å². The van der Waals surface area contributed by atoms with Gasteiger partial charge in [0.25, 0.3) is 5.56 Å². The second kappa shape index (κ2) is 9.58. The Labute approximate surface area is 196 Å². The standard InChI is InChI=1S/C26H26N2O4S/c1-5-31-25(30)22-17(4)27-26-28(23(22)19-11-13-20(14-12-19)32-16(2)3)24(29)21(33-26)15-18-9-7-6-8-10-18/h6-16,23H,5H2,1-4H3/b21-15-/t23-/m1/s1. The zero-order valence-electron chi connectivity index (χ0n) is 19.1. The van der Waals surface area contributed by atoms with Crippen LogP contribution in [0.5, 0.6) is 5.75 Å². The molecule has 1 aliphatic heterocycles. The van der Waals surface area contributed by atoms with E-state index in [2.05, 4.69) is 4.99 Å². The quantitative estimate of drug-likeness (QED) is 0.525. The van der Waals surface area contributed by atoms with Gasteiger partial charge in [-0.05, 0) is 57.0 Å². The van der Waals surface area contributed by atoms with Crippen molar-refractivity contribution in [2.24, 2.45) is 4.99 Å². The third kappa shape index (κ3) is 4.68. The fraction of sp³-hybridized carbons (Fsp3) is 0.269. The number of fused-ring (bicyclic) bond motifs is 1. The summed E-state index contributed by atoms with van der Waals surface area (Å²) in [6.07, 6.45) is 1.90. The molecule has 0 N–H and O–H groups in total. The first-order chi connectivity index (χ1) is 15.9. The molecule has 0 unspecified atom stereocenters. The molecule has 2 aromatic carbocycles. The Balaban J connectivity index is 1.90. The minimum Gasteiger partial charge on any atom is -0.491 e. The van der Waals surface area contributed by atoms with Crippen LogP contribution in [0.2, 0.25) is 0 Å². The summed E-state index contributed by atoms with van der Waals surface area (Å²) in [5, 5.41) is 0. The number of allylic oxidation sites excluding steroid dienone is 1. The van der Waals surface area contributed by atoms with E-state index in [1.807, 2.05) is 74.5 Å². The molecule has 0 radical (unpaired) electrons. The van der Waals surface area contributed by atoms with Crippen molar-refractivity contribution in [3.8, 4) is 5.75 Å². The van der Waals surface area contributed by atoms with Crippen LogP contribution in [0.3, 0.4) is 0 Å². The van der Waals surface area contributed by atoms with Crippen molar-refractivity contribution < 1.29 is 14.3 Å². The molecule has 2 heterocycles. The second-order valence-corrected chi connectivity index (χ2v) is 8.96. The van der Waals surface area contributed by atoms with E-state index in [9.17, 15) is 9.59 Å². The van der Waals surface area contributed by atoms with E-state index in [1.54, 1.807) is 18.4 Å². The monoisotopic (exact) mass is 462 g/mol. The number of hydrogen-bond acceptors (Lipinski definition) is 6. The highest BCUT2D eigenvalue weighted by molar-refractivity contribution is 7.07. The van der Waals surface area contributed by atoms with Crippen molar-refractivity contribution in [2.45, 2.75) is 39.8 Å². The molecule has 3 aromatic rings. The van der Waals surface area contributed by atoms with Gasteiger partial charge in [0.2, 0.25) is 0 Å². The Morgan fingerprint density at radius 2 is 1.85 bits per heavy atom. The van der Waals surface area contributed by atoms with Gasteiger partial charge in [0, 0.05) is 0 Å². The number of rotatable bonds is 6. The molecule has 0 saturated carbocycles. The predicted octanol–water partition coefficient (Wildman–Crippen LogP) is 3.59. The number of ether oxygens (including phenoxy) is 2. The lowest BCUT2D eigenvalue weighted by Crippen LogP contribution is -2.39. The van der Waals surface area contributed by atoms with E-state index in [-0.39, 0.29) is 18.3 Å². The highest BCUT2D eigenvalue weighted by atomic mass is 32.1. The highest BCUT2D eigenvalue weighted by Crippen LogP contribution is 2.31. The summed E-state index contributed by atoms with van der Waals surface area (Å²) in [6.45, 7) is 7.70. The Morgan fingerprint density at radius 1 is 1.15 bits per heavy atom. The number of benzene rings is 2. The van der Waals surface area contributed by atoms with Crippen molar-refractivity contribution >= 4 is 23.4 Å². The molecule has 7 heteroatoms. The zero-order valence-corrected chi connectivity index (χ0v) is 19.9. The predicted molar refractivity (Wildman–Crippen MR) is 129 cm³/mol. The summed E-state index contributed by atoms with van der Waals surface area (Å²) in [6, 6.07) is 16.5. The van der Waals surface area contributed by atoms with E-state index in [1.165, 1.54) is 11.3 Å². The van der Waals surface area contributed by atoms with Gasteiger partial charge in [-0.3, -0.25) is 9.36 Å². The molecule has 4 rings (SSSR count). The molecule has 0 saturated heterocycles. The minimum atomic E-state index is -0.633. The number of hydrogen-bond donors (Lipinski definition) is 0. The molecule has 0 spiro atoms. The Hall–Kier alpha value is -3.45. The van der Waals surface area contributed by atoms with Crippen molar-refractivity contribution in [3.05, 3.63) is 96.7 Å². The molecular formula is C26H26N2O4S. The number of carbonyl (C=O) groups excluding carboxylic acids is 1. The zero-order chi connectivity index (χ0) is 23.5. The molecule has 170 valence electrons. The van der Waals surface area contributed by atoms with Crippen LogP contribution >= 0.6 is 11.3 Å². The number of nitrogens with zero attached hydrogens (tertiary/aromatic N) is 2. The smallest absolute Gasteiger partial charge is 0.338 e. The number of carbonyl (C=O) groups is 1. The van der Waals surface area contributed by atoms with E-state index >= 15 is 0 Å². The van der Waals surface area contributed by atoms with Crippen LogP contribution in [0.4, 0.5) is 0 Å². The fourth-order valence-electron chi connectivity index (χ4n) is 3.81. The molecule has 1 aromatic heterocycles. The Morgan fingerprint density at radius 3 is 2.48 bits per heavy atom. The van der Waals surface area contributed by atoms with Crippen LogP contribution in [0.1, 0.15) is 44.9 Å². The SMILES string of the molecule is CCOC(=O)C1=C(C)N=c2s/c(=C\c3ccccc3)c(=O)n2[C@@H]1c1ccc(OC(C)C)cc1. The minimum absolute atomic E-state index is 0.0451. The molecule has 0 fully saturated rings. The first-order valence-electron chi connectivity index (χ1n) is 10.9. The Bertz CT molecular complexity index is 1370. The summed E-state index contributed by atoms with van der Waals surface area (Å²) in [7, 11) is 0. The largest absolute Gasteiger partial charge is 0.491 e. The molecule has 0 aliphatic carbocycles. The van der Waals surface area contributed by atoms with Gasteiger partial charge in [-0.25, -0.2) is 9.79 Å². The van der Waals surface area contributed by atoms with Crippen LogP contribution in [0.25, 0.3) is 6.08 Å². The third-order valence-electron chi connectivity index (χ3n) is 5.18. The lowest BCUT2D eigenvalue weighted by atomic mass is 9.96. The van der Waals surface area contributed by atoms with Crippen LogP contribution in [-0.4, -0.2) is 23.2 Å². The maximum atomic E-state index is 13.5. The van der Waals surface area contributed by atoms with Crippen LogP contribution in [0, 0.1) is 0 Å². The van der Waals surface area contributed by atoms with Gasteiger partial charge in [0.1, 0.15) is 5.75 Å². The summed E-state index contributed by atoms with van der Waals surface area (Å²) < 4.78 is 13.2. The van der Waals surface area contributed by atoms with Gasteiger partial charge in [-0.2, -0.15) is 0 Å². The molecular weight excluding hydrogens is 436 g/mol. The van der Waals surface area contributed by atoms with Crippen LogP contribution in [-0.2, 0) is 9.53 Å². The molecule has 1 aliphatic rings. The summed E-state index contributed by atoms with van der Waals surface area (Å²) >= 11 is 1.31. The topological polar surface area (TPSA) is 69.9 Å². The molecule has 6 nitrogen and oxygen atoms in total. The summed E-state index contributed by atoms with van der Waals surface area (Å²) in [4.78, 5) is 31.6. The van der Waals surface area contributed by atoms with Crippen molar-refractivity contribution in [2.75, 3.05) is 6.61 Å². The number of thiazole rings is 1. The van der Waals surface area contributed by atoms with Gasteiger partial charge in [0.05, 0.1) is 34.6 Å². The average molecular weight is 463 g/mol. The summed E-state index contributed by atoms with van der Waals surface area (Å²) in [5.74, 6) is 0.257. The van der Waals surface area contributed by atoms with Gasteiger partial charge in [-0.15, -0.1) is 0 Å². The van der Waals surface area contributed by atoms with E-state index in [0.29, 0.717) is 20.6 Å². The van der Waals surface area contributed by atoms with Gasteiger partial charge >= 0.3 is 5.97 Å². The maximum absolute atomic E-state index is 13.5.